The van der Waals surface area contributed by atoms with Crippen molar-refractivity contribution in [3.05, 3.63) is 70.0 Å². The molecule has 0 aliphatic carbocycles. The molecule has 2 fully saturated rings. The Hall–Kier alpha value is -2.38. The molecule has 8 heteroatoms. The third-order valence-electron chi connectivity index (χ3n) is 9.12. The fourth-order valence-electron chi connectivity index (χ4n) is 7.28. The summed E-state index contributed by atoms with van der Waals surface area (Å²) in [4.78, 5) is 15.0. The lowest BCUT2D eigenvalue weighted by molar-refractivity contribution is 0.0966. The summed E-state index contributed by atoms with van der Waals surface area (Å²) in [7, 11) is 0. The molecule has 40 heavy (non-hydrogen) atoms. The Morgan fingerprint density at radius 1 is 1.15 bits per heavy atom. The highest BCUT2D eigenvalue weighted by Gasteiger charge is 2.49. The highest BCUT2D eigenvalue weighted by atomic mass is 35.5. The first-order chi connectivity index (χ1) is 19.5. The fourth-order valence-corrected chi connectivity index (χ4v) is 7.78. The molecule has 0 bridgehead atoms. The monoisotopic (exact) mass is 579 g/mol. The van der Waals surface area contributed by atoms with E-state index in [2.05, 4.69) is 51.3 Å². The van der Waals surface area contributed by atoms with Crippen LogP contribution in [-0.2, 0) is 12.0 Å². The number of halogens is 2. The minimum atomic E-state index is 0.0291. The van der Waals surface area contributed by atoms with Crippen LogP contribution in [0.5, 0.6) is 5.75 Å². The van der Waals surface area contributed by atoms with E-state index in [9.17, 15) is 0 Å². The molecule has 0 amide bonds. The highest BCUT2D eigenvalue weighted by Crippen LogP contribution is 2.48. The number of rotatable bonds is 7. The van der Waals surface area contributed by atoms with E-state index >= 15 is 0 Å². The molecule has 212 valence electrons. The van der Waals surface area contributed by atoms with Crippen LogP contribution in [0.15, 0.2) is 48.7 Å². The number of para-hydroxylation sites is 1. The molecule has 0 saturated carbocycles. The molecule has 2 aromatic heterocycles. The zero-order chi connectivity index (χ0) is 27.7. The largest absolute Gasteiger partial charge is 0.493 e. The topological polar surface area (TPSA) is 53.5 Å². The van der Waals surface area contributed by atoms with Gasteiger partial charge in [-0.15, -0.1) is 0 Å². The number of hydrogen-bond acceptors (Lipinski definition) is 6. The van der Waals surface area contributed by atoms with E-state index in [1.807, 2.05) is 19.1 Å². The predicted octanol–water partition coefficient (Wildman–Crippen LogP) is 6.59. The van der Waals surface area contributed by atoms with Crippen LogP contribution < -0.4 is 15.0 Å². The maximum atomic E-state index is 6.62. The van der Waals surface area contributed by atoms with Crippen molar-refractivity contribution in [2.45, 2.75) is 57.5 Å². The highest BCUT2D eigenvalue weighted by molar-refractivity contribution is 6.36. The van der Waals surface area contributed by atoms with Crippen LogP contribution in [-0.4, -0.2) is 60.2 Å². The van der Waals surface area contributed by atoms with Crippen molar-refractivity contribution in [2.24, 2.45) is 5.92 Å². The van der Waals surface area contributed by atoms with Gasteiger partial charge in [-0.1, -0.05) is 54.7 Å². The zero-order valence-corrected chi connectivity index (χ0v) is 25.0. The summed E-state index contributed by atoms with van der Waals surface area (Å²) in [6.45, 7) is 10.9. The molecule has 3 aromatic rings. The first kappa shape index (κ1) is 27.8. The van der Waals surface area contributed by atoms with Crippen molar-refractivity contribution in [1.29, 1.82) is 0 Å². The van der Waals surface area contributed by atoms with Crippen molar-refractivity contribution >= 4 is 29.0 Å². The summed E-state index contributed by atoms with van der Waals surface area (Å²) in [5.74, 6) is 2.17. The minimum Gasteiger partial charge on any atom is -0.493 e. The number of piperidine rings is 1. The van der Waals surface area contributed by atoms with Crippen LogP contribution in [0.1, 0.15) is 50.8 Å². The van der Waals surface area contributed by atoms with Gasteiger partial charge in [-0.05, 0) is 68.5 Å². The van der Waals surface area contributed by atoms with Gasteiger partial charge in [0.05, 0.1) is 28.0 Å². The smallest absolute Gasteiger partial charge is 0.147 e. The Labute approximate surface area is 248 Å². The van der Waals surface area contributed by atoms with Gasteiger partial charge in [-0.2, -0.15) is 0 Å². The van der Waals surface area contributed by atoms with E-state index in [1.165, 1.54) is 24.1 Å². The van der Waals surface area contributed by atoms with Gasteiger partial charge in [0.1, 0.15) is 11.6 Å². The summed E-state index contributed by atoms with van der Waals surface area (Å²) in [6.07, 6.45) is 6.32. The average Bonchev–Trinajstić information content (AvgIpc) is 3.47. The van der Waals surface area contributed by atoms with Gasteiger partial charge in [0, 0.05) is 55.9 Å². The van der Waals surface area contributed by atoms with E-state index in [4.69, 9.17) is 32.9 Å². The molecule has 1 N–H and O–H groups in total. The summed E-state index contributed by atoms with van der Waals surface area (Å²) in [6, 6.07) is 15.2. The molecule has 1 aromatic carbocycles. The van der Waals surface area contributed by atoms with Gasteiger partial charge in [0.25, 0.3) is 0 Å². The van der Waals surface area contributed by atoms with Gasteiger partial charge in [-0.25, -0.2) is 4.98 Å². The van der Waals surface area contributed by atoms with Crippen LogP contribution in [0.4, 0.5) is 5.82 Å². The molecule has 6 nitrogen and oxygen atoms in total. The summed E-state index contributed by atoms with van der Waals surface area (Å²) >= 11 is 12.8. The molecule has 2 saturated heterocycles. The van der Waals surface area contributed by atoms with E-state index in [1.54, 1.807) is 12.3 Å². The lowest BCUT2D eigenvalue weighted by Crippen LogP contribution is -2.58. The second kappa shape index (κ2) is 11.8. The lowest BCUT2D eigenvalue weighted by Gasteiger charge is -2.53. The molecule has 1 spiro atoms. The third-order valence-corrected chi connectivity index (χ3v) is 9.61. The number of aromatic nitrogens is 2. The number of hydrogen-bond donors (Lipinski definition) is 1. The van der Waals surface area contributed by atoms with E-state index in [0.717, 1.165) is 74.9 Å². The van der Waals surface area contributed by atoms with E-state index in [0.29, 0.717) is 28.6 Å². The number of pyridine rings is 2. The summed E-state index contributed by atoms with van der Waals surface area (Å²) in [5.41, 5.74) is 4.70. The van der Waals surface area contributed by atoms with E-state index in [-0.39, 0.29) is 5.41 Å². The molecule has 5 heterocycles. The first-order valence-corrected chi connectivity index (χ1v) is 15.5. The Kier molecular flexibility index (Phi) is 8.23. The number of fused-ring (bicyclic) bond motifs is 2. The quantitative estimate of drug-likeness (QED) is 0.340. The molecule has 6 rings (SSSR count). The van der Waals surface area contributed by atoms with Crippen molar-refractivity contribution in [2.75, 3.05) is 44.2 Å². The first-order valence-electron chi connectivity index (χ1n) is 14.7. The van der Waals surface area contributed by atoms with Crippen LogP contribution in [0, 0.1) is 5.92 Å². The maximum absolute atomic E-state index is 6.62. The van der Waals surface area contributed by atoms with Gasteiger partial charge in [-0.3, -0.25) is 9.88 Å². The summed E-state index contributed by atoms with van der Waals surface area (Å²) < 4.78 is 5.97. The van der Waals surface area contributed by atoms with Gasteiger partial charge in [0.15, 0.2) is 0 Å². The predicted molar refractivity (Wildman–Crippen MR) is 164 cm³/mol. The normalized spacial score (nSPS) is 24.9. The number of anilines is 1. The summed E-state index contributed by atoms with van der Waals surface area (Å²) in [5, 5.41) is 4.91. The van der Waals surface area contributed by atoms with Gasteiger partial charge < -0.3 is 15.0 Å². The van der Waals surface area contributed by atoms with Crippen LogP contribution in [0.3, 0.4) is 0 Å². The standard InChI is InChI=1S/C32H39Cl2N5O/c1-3-22-18-39(31-27(34)16-23(33)17-36-31)15-13-32(22)21-38(19-24-8-7-14-35-24)20-29-26(32)11-12-28(37-29)25-9-5-6-10-30(25)40-4-2/h5-6,9-12,16-17,22,24,35H,3-4,7-8,13-15,18-21H2,1-2H3/t22-,24-,32+/m1/s1. The zero-order valence-electron chi connectivity index (χ0n) is 23.5. The number of nitrogens with one attached hydrogen (secondary N) is 1. The SMILES string of the molecule is CCOc1ccccc1-c1ccc2c(n1)CN(C[C@H]1CCCN1)C[C@]21CCN(c2ncc(Cl)cc2Cl)C[C@H]1CC. The Morgan fingerprint density at radius 3 is 2.80 bits per heavy atom. The number of ether oxygens (including phenoxy) is 1. The van der Waals surface area contributed by atoms with Crippen molar-refractivity contribution < 1.29 is 4.74 Å². The molecule has 0 unspecified atom stereocenters. The second-order valence-corrected chi connectivity index (χ2v) is 12.3. The van der Waals surface area contributed by atoms with E-state index < -0.39 is 0 Å². The molecular weight excluding hydrogens is 541 g/mol. The number of nitrogens with zero attached hydrogens (tertiary/aromatic N) is 4. The fraction of sp³-hybridized carbons (Fsp3) is 0.500. The molecular formula is C32H39Cl2N5O. The molecule has 3 aliphatic rings. The lowest BCUT2D eigenvalue weighted by atomic mass is 9.62. The molecule has 3 aliphatic heterocycles. The van der Waals surface area contributed by atoms with Gasteiger partial charge >= 0.3 is 0 Å². The van der Waals surface area contributed by atoms with Gasteiger partial charge in [0.2, 0.25) is 0 Å². The van der Waals surface area contributed by atoms with Crippen LogP contribution >= 0.6 is 23.2 Å². The molecule has 3 atom stereocenters. The number of benzene rings is 1. The Morgan fingerprint density at radius 2 is 2.02 bits per heavy atom. The minimum absolute atomic E-state index is 0.0291. The van der Waals surface area contributed by atoms with Crippen molar-refractivity contribution in [3.63, 3.8) is 0 Å². The van der Waals surface area contributed by atoms with Crippen LogP contribution in [0.2, 0.25) is 10.0 Å². The second-order valence-electron chi connectivity index (χ2n) is 11.5. The Balaban J connectivity index is 1.37. The molecule has 0 radical (unpaired) electrons. The Bertz CT molecular complexity index is 1350. The maximum Gasteiger partial charge on any atom is 0.147 e. The third kappa shape index (κ3) is 5.32. The average molecular weight is 581 g/mol. The van der Waals surface area contributed by atoms with Crippen LogP contribution in [0.25, 0.3) is 11.3 Å². The van der Waals surface area contributed by atoms with Crippen molar-refractivity contribution in [3.8, 4) is 17.0 Å². The van der Waals surface area contributed by atoms with Crippen molar-refractivity contribution in [1.82, 2.24) is 20.2 Å².